The number of nitrogens with zero attached hydrogens (tertiary/aromatic N) is 1. The summed E-state index contributed by atoms with van der Waals surface area (Å²) >= 11 is 11.4. The molecule has 0 atom stereocenters. The Morgan fingerprint density at radius 2 is 1.69 bits per heavy atom. The van der Waals surface area contributed by atoms with Crippen LogP contribution < -0.4 is 5.32 Å². The summed E-state index contributed by atoms with van der Waals surface area (Å²) in [6.07, 6.45) is 0. The number of nitrogens with one attached hydrogen (secondary N) is 1. The maximum absolute atomic E-state index is 13.3. The normalized spacial score (nSPS) is 10.2. The van der Waals surface area contributed by atoms with Crippen LogP contribution in [0, 0.1) is 5.82 Å². The van der Waals surface area contributed by atoms with Crippen LogP contribution in [0.5, 0.6) is 0 Å². The van der Waals surface area contributed by atoms with E-state index in [1.807, 2.05) is 0 Å². The first-order valence-corrected chi connectivity index (χ1v) is 5.25. The zero-order valence-electron chi connectivity index (χ0n) is 8.05. The Hall–Kier alpha value is -1.32. The minimum absolute atomic E-state index is 0.0924. The highest BCUT2D eigenvalue weighted by Gasteiger charge is 2.04. The molecule has 2 nitrogen and oxygen atoms in total. The average molecular weight is 257 g/mol. The second-order valence-electron chi connectivity index (χ2n) is 3.10. The van der Waals surface area contributed by atoms with Gasteiger partial charge in [0.1, 0.15) is 5.15 Å². The standard InChI is InChI=1S/C11H7Cl2FN2/c12-7-1-3-8(4-2-7)15-11-9(14)5-6-10(13)16-11/h1-6H,(H,15,16). The Morgan fingerprint density at radius 3 is 2.38 bits per heavy atom. The predicted molar refractivity (Wildman–Crippen MR) is 63.9 cm³/mol. The van der Waals surface area contributed by atoms with Gasteiger partial charge in [-0.25, -0.2) is 9.37 Å². The molecule has 2 rings (SSSR count). The summed E-state index contributed by atoms with van der Waals surface area (Å²) in [5.74, 6) is -0.367. The Labute approximate surface area is 102 Å². The Morgan fingerprint density at radius 1 is 1.00 bits per heavy atom. The largest absolute Gasteiger partial charge is 0.338 e. The summed E-state index contributed by atoms with van der Waals surface area (Å²) in [6, 6.07) is 9.50. The van der Waals surface area contributed by atoms with E-state index in [9.17, 15) is 4.39 Å². The third kappa shape index (κ3) is 2.62. The third-order valence-corrected chi connectivity index (χ3v) is 2.38. The van der Waals surface area contributed by atoms with Crippen molar-refractivity contribution in [3.05, 3.63) is 52.4 Å². The summed E-state index contributed by atoms with van der Waals surface area (Å²) < 4.78 is 13.3. The lowest BCUT2D eigenvalue weighted by Gasteiger charge is -2.06. The van der Waals surface area contributed by atoms with E-state index >= 15 is 0 Å². The lowest BCUT2D eigenvalue weighted by Crippen LogP contribution is -1.96. The monoisotopic (exact) mass is 256 g/mol. The van der Waals surface area contributed by atoms with Gasteiger partial charge in [-0.2, -0.15) is 0 Å². The van der Waals surface area contributed by atoms with Crippen LogP contribution in [0.1, 0.15) is 0 Å². The highest BCUT2D eigenvalue weighted by atomic mass is 35.5. The van der Waals surface area contributed by atoms with E-state index in [2.05, 4.69) is 10.3 Å². The van der Waals surface area contributed by atoms with Crippen molar-refractivity contribution in [2.24, 2.45) is 0 Å². The molecule has 0 saturated carbocycles. The van der Waals surface area contributed by atoms with Crippen molar-refractivity contribution in [3.8, 4) is 0 Å². The van der Waals surface area contributed by atoms with Crippen molar-refractivity contribution in [2.45, 2.75) is 0 Å². The van der Waals surface area contributed by atoms with E-state index < -0.39 is 5.82 Å². The van der Waals surface area contributed by atoms with Crippen LogP contribution in [0.4, 0.5) is 15.9 Å². The molecular weight excluding hydrogens is 250 g/mol. The Kier molecular flexibility index (Phi) is 3.27. The molecule has 82 valence electrons. The number of halogens is 3. The molecule has 0 aliphatic carbocycles. The summed E-state index contributed by atoms with van der Waals surface area (Å²) in [5, 5.41) is 3.66. The van der Waals surface area contributed by atoms with Gasteiger partial charge in [0.15, 0.2) is 11.6 Å². The zero-order chi connectivity index (χ0) is 11.5. The number of rotatable bonds is 2. The van der Waals surface area contributed by atoms with Crippen LogP contribution in [0.3, 0.4) is 0 Å². The molecule has 1 aromatic heterocycles. The quantitative estimate of drug-likeness (QED) is 0.812. The molecule has 1 N–H and O–H groups in total. The highest BCUT2D eigenvalue weighted by Crippen LogP contribution is 2.21. The molecule has 0 spiro atoms. The molecule has 0 radical (unpaired) electrons. The number of pyridine rings is 1. The molecule has 16 heavy (non-hydrogen) atoms. The fourth-order valence-electron chi connectivity index (χ4n) is 1.18. The van der Waals surface area contributed by atoms with Crippen LogP contribution in [0.15, 0.2) is 36.4 Å². The summed E-state index contributed by atoms with van der Waals surface area (Å²) in [5.41, 5.74) is 0.693. The highest BCUT2D eigenvalue weighted by molar-refractivity contribution is 6.30. The van der Waals surface area contributed by atoms with Crippen molar-refractivity contribution < 1.29 is 4.39 Å². The van der Waals surface area contributed by atoms with Crippen molar-refractivity contribution in [1.82, 2.24) is 4.98 Å². The molecular formula is C11H7Cl2FN2. The van der Waals surface area contributed by atoms with Gasteiger partial charge >= 0.3 is 0 Å². The van der Waals surface area contributed by atoms with Crippen LogP contribution in [0.25, 0.3) is 0 Å². The van der Waals surface area contributed by atoms with Gasteiger partial charge in [0.25, 0.3) is 0 Å². The molecule has 1 heterocycles. The smallest absolute Gasteiger partial charge is 0.168 e. The topological polar surface area (TPSA) is 24.9 Å². The van der Waals surface area contributed by atoms with Gasteiger partial charge in [-0.3, -0.25) is 0 Å². The van der Waals surface area contributed by atoms with E-state index in [0.29, 0.717) is 10.7 Å². The van der Waals surface area contributed by atoms with E-state index in [1.165, 1.54) is 12.1 Å². The molecule has 0 aliphatic heterocycles. The molecule has 0 aliphatic rings. The molecule has 0 bridgehead atoms. The third-order valence-electron chi connectivity index (χ3n) is 1.92. The molecule has 1 aromatic carbocycles. The summed E-state index contributed by atoms with van der Waals surface area (Å²) in [6.45, 7) is 0. The Bertz CT molecular complexity index is 500. The summed E-state index contributed by atoms with van der Waals surface area (Å²) in [7, 11) is 0. The van der Waals surface area contributed by atoms with Gasteiger partial charge in [0.2, 0.25) is 0 Å². The van der Waals surface area contributed by atoms with Gasteiger partial charge in [-0.05, 0) is 36.4 Å². The number of aromatic nitrogens is 1. The lowest BCUT2D eigenvalue weighted by molar-refractivity contribution is 0.626. The molecule has 0 unspecified atom stereocenters. The van der Waals surface area contributed by atoms with Crippen LogP contribution >= 0.6 is 23.2 Å². The first-order chi connectivity index (χ1) is 7.65. The molecule has 0 fully saturated rings. The number of anilines is 2. The SMILES string of the molecule is Fc1ccc(Cl)nc1Nc1ccc(Cl)cc1. The van der Waals surface area contributed by atoms with Gasteiger partial charge in [-0.1, -0.05) is 23.2 Å². The van der Waals surface area contributed by atoms with E-state index in [4.69, 9.17) is 23.2 Å². The van der Waals surface area contributed by atoms with E-state index in [1.54, 1.807) is 24.3 Å². The molecule has 0 amide bonds. The van der Waals surface area contributed by atoms with Crippen molar-refractivity contribution >= 4 is 34.7 Å². The first-order valence-electron chi connectivity index (χ1n) is 4.50. The minimum Gasteiger partial charge on any atom is -0.338 e. The van der Waals surface area contributed by atoms with Crippen molar-refractivity contribution in [3.63, 3.8) is 0 Å². The number of benzene rings is 1. The molecule has 0 saturated heterocycles. The lowest BCUT2D eigenvalue weighted by atomic mass is 10.3. The van der Waals surface area contributed by atoms with Gasteiger partial charge < -0.3 is 5.32 Å². The fourth-order valence-corrected chi connectivity index (χ4v) is 1.45. The average Bonchev–Trinajstić information content (AvgIpc) is 2.27. The van der Waals surface area contributed by atoms with Crippen molar-refractivity contribution in [1.29, 1.82) is 0 Å². The maximum Gasteiger partial charge on any atom is 0.168 e. The van der Waals surface area contributed by atoms with Crippen LogP contribution in [-0.2, 0) is 0 Å². The minimum atomic E-state index is -0.459. The van der Waals surface area contributed by atoms with Crippen LogP contribution in [0.2, 0.25) is 10.2 Å². The predicted octanol–water partition coefficient (Wildman–Crippen LogP) is 4.27. The fraction of sp³-hybridized carbons (Fsp3) is 0. The van der Waals surface area contributed by atoms with Gasteiger partial charge in [0.05, 0.1) is 0 Å². The van der Waals surface area contributed by atoms with E-state index in [-0.39, 0.29) is 11.0 Å². The zero-order valence-corrected chi connectivity index (χ0v) is 9.56. The van der Waals surface area contributed by atoms with E-state index in [0.717, 1.165) is 0 Å². The molecule has 5 heteroatoms. The van der Waals surface area contributed by atoms with Crippen LogP contribution in [-0.4, -0.2) is 4.98 Å². The maximum atomic E-state index is 13.3. The van der Waals surface area contributed by atoms with Gasteiger partial charge in [0, 0.05) is 10.7 Å². The number of hydrogen-bond acceptors (Lipinski definition) is 2. The second-order valence-corrected chi connectivity index (χ2v) is 3.92. The molecule has 2 aromatic rings. The van der Waals surface area contributed by atoms with Crippen molar-refractivity contribution in [2.75, 3.05) is 5.32 Å². The first kappa shape index (κ1) is 11.2. The number of hydrogen-bond donors (Lipinski definition) is 1. The Balaban J connectivity index is 2.26. The van der Waals surface area contributed by atoms with Gasteiger partial charge in [-0.15, -0.1) is 0 Å². The summed E-state index contributed by atoms with van der Waals surface area (Å²) in [4.78, 5) is 3.84. The second kappa shape index (κ2) is 4.68.